The minimum atomic E-state index is 0.659. The van der Waals surface area contributed by atoms with Crippen molar-refractivity contribution in [3.05, 3.63) is 53.1 Å². The van der Waals surface area contributed by atoms with Crippen LogP contribution in [0.3, 0.4) is 0 Å². The van der Waals surface area contributed by atoms with Crippen LogP contribution < -0.4 is 10.5 Å². The Bertz CT molecular complexity index is 627. The van der Waals surface area contributed by atoms with Crippen molar-refractivity contribution in [3.63, 3.8) is 0 Å². The van der Waals surface area contributed by atoms with E-state index in [1.54, 1.807) is 18.2 Å². The molecule has 2 N–H and O–H groups in total. The molecule has 0 saturated heterocycles. The molecule has 0 aromatic heterocycles. The minimum Gasteiger partial charge on any atom is -0.457 e. The number of anilines is 1. The van der Waals surface area contributed by atoms with Crippen molar-refractivity contribution < 1.29 is 4.74 Å². The van der Waals surface area contributed by atoms with Crippen LogP contribution in [-0.2, 0) is 0 Å². The van der Waals surface area contributed by atoms with Crippen LogP contribution in [-0.4, -0.2) is 0 Å². The van der Waals surface area contributed by atoms with E-state index < -0.39 is 0 Å². The standard InChI is InChI=1S/C15H14N2O/c1-10-3-5-13(17)8-15(10)18-14-6-4-12(9-16)11(2)7-14/h3-8H,17H2,1-2H3. The minimum absolute atomic E-state index is 0.659. The molecule has 2 rings (SSSR count). The molecule has 0 aliphatic heterocycles. The summed E-state index contributed by atoms with van der Waals surface area (Å²) in [7, 11) is 0. The summed E-state index contributed by atoms with van der Waals surface area (Å²) in [5, 5.41) is 8.87. The second-order valence-electron chi connectivity index (χ2n) is 4.22. The van der Waals surface area contributed by atoms with E-state index in [1.165, 1.54) is 0 Å². The van der Waals surface area contributed by atoms with E-state index in [-0.39, 0.29) is 0 Å². The summed E-state index contributed by atoms with van der Waals surface area (Å²) < 4.78 is 5.78. The molecule has 0 fully saturated rings. The van der Waals surface area contributed by atoms with Gasteiger partial charge in [0.2, 0.25) is 0 Å². The first-order valence-corrected chi connectivity index (χ1v) is 5.65. The summed E-state index contributed by atoms with van der Waals surface area (Å²) in [6, 6.07) is 13.1. The average Bonchev–Trinajstić information content (AvgIpc) is 2.34. The lowest BCUT2D eigenvalue weighted by atomic mass is 10.1. The maximum Gasteiger partial charge on any atom is 0.132 e. The SMILES string of the molecule is Cc1cc(Oc2cc(N)ccc2C)ccc1C#N. The maximum absolute atomic E-state index is 8.87. The largest absolute Gasteiger partial charge is 0.457 e. The van der Waals surface area contributed by atoms with Gasteiger partial charge in [-0.2, -0.15) is 5.26 Å². The van der Waals surface area contributed by atoms with Gasteiger partial charge in [-0.25, -0.2) is 0 Å². The van der Waals surface area contributed by atoms with E-state index in [0.29, 0.717) is 17.0 Å². The molecule has 90 valence electrons. The lowest BCUT2D eigenvalue weighted by Gasteiger charge is -2.10. The molecular weight excluding hydrogens is 224 g/mol. The highest BCUT2D eigenvalue weighted by Crippen LogP contribution is 2.28. The molecule has 2 aromatic carbocycles. The van der Waals surface area contributed by atoms with Gasteiger partial charge in [0.15, 0.2) is 0 Å². The summed E-state index contributed by atoms with van der Waals surface area (Å²) >= 11 is 0. The monoisotopic (exact) mass is 238 g/mol. The molecule has 0 radical (unpaired) electrons. The highest BCUT2D eigenvalue weighted by molar-refractivity contribution is 5.50. The van der Waals surface area contributed by atoms with Gasteiger partial charge in [-0.1, -0.05) is 6.07 Å². The Balaban J connectivity index is 2.32. The van der Waals surface area contributed by atoms with Crippen LogP contribution in [0.4, 0.5) is 5.69 Å². The van der Waals surface area contributed by atoms with Gasteiger partial charge < -0.3 is 10.5 Å². The first kappa shape index (κ1) is 12.0. The summed E-state index contributed by atoms with van der Waals surface area (Å²) in [6.45, 7) is 3.85. The second-order valence-corrected chi connectivity index (χ2v) is 4.22. The van der Waals surface area contributed by atoms with Crippen LogP contribution in [0.1, 0.15) is 16.7 Å². The highest BCUT2D eigenvalue weighted by atomic mass is 16.5. The van der Waals surface area contributed by atoms with E-state index in [4.69, 9.17) is 15.7 Å². The lowest BCUT2D eigenvalue weighted by molar-refractivity contribution is 0.479. The molecule has 0 bridgehead atoms. The average molecular weight is 238 g/mol. The number of hydrogen-bond acceptors (Lipinski definition) is 3. The quantitative estimate of drug-likeness (QED) is 0.814. The molecule has 18 heavy (non-hydrogen) atoms. The Kier molecular flexibility index (Phi) is 3.20. The van der Waals surface area contributed by atoms with Crippen LogP contribution in [0.2, 0.25) is 0 Å². The zero-order valence-electron chi connectivity index (χ0n) is 10.4. The first-order valence-electron chi connectivity index (χ1n) is 5.65. The molecule has 0 saturated carbocycles. The Morgan fingerprint density at radius 2 is 1.83 bits per heavy atom. The van der Waals surface area contributed by atoms with Gasteiger partial charge in [-0.3, -0.25) is 0 Å². The Hall–Kier alpha value is -2.47. The molecule has 3 heteroatoms. The number of nitrogens with two attached hydrogens (primary N) is 1. The smallest absolute Gasteiger partial charge is 0.132 e. The zero-order chi connectivity index (χ0) is 13.1. The van der Waals surface area contributed by atoms with Gasteiger partial charge >= 0.3 is 0 Å². The number of benzene rings is 2. The summed E-state index contributed by atoms with van der Waals surface area (Å²) in [5.74, 6) is 1.44. The Morgan fingerprint density at radius 3 is 2.50 bits per heavy atom. The predicted molar refractivity (Wildman–Crippen MR) is 71.6 cm³/mol. The third-order valence-corrected chi connectivity index (χ3v) is 2.76. The fraction of sp³-hybridized carbons (Fsp3) is 0.133. The topological polar surface area (TPSA) is 59.0 Å². The molecule has 0 aliphatic rings. The van der Waals surface area contributed by atoms with Crippen molar-refractivity contribution in [2.45, 2.75) is 13.8 Å². The van der Waals surface area contributed by atoms with Gasteiger partial charge in [-0.15, -0.1) is 0 Å². The van der Waals surface area contributed by atoms with Crippen LogP contribution in [0.15, 0.2) is 36.4 Å². The molecule has 0 unspecified atom stereocenters. The molecule has 2 aromatic rings. The zero-order valence-corrected chi connectivity index (χ0v) is 10.4. The molecule has 0 aliphatic carbocycles. The molecule has 0 heterocycles. The number of nitrogen functional groups attached to an aromatic ring is 1. The maximum atomic E-state index is 8.87. The van der Waals surface area contributed by atoms with Gasteiger partial charge in [0.1, 0.15) is 11.5 Å². The van der Waals surface area contributed by atoms with Crippen LogP contribution in [0.25, 0.3) is 0 Å². The van der Waals surface area contributed by atoms with Gasteiger partial charge in [0.25, 0.3) is 0 Å². The summed E-state index contributed by atoms with van der Waals surface area (Å²) in [5.41, 5.74) is 8.98. The molecule has 3 nitrogen and oxygen atoms in total. The number of ether oxygens (including phenoxy) is 1. The van der Waals surface area contributed by atoms with E-state index in [0.717, 1.165) is 16.9 Å². The van der Waals surface area contributed by atoms with E-state index in [2.05, 4.69) is 6.07 Å². The third-order valence-electron chi connectivity index (χ3n) is 2.76. The fourth-order valence-electron chi connectivity index (χ4n) is 1.68. The second kappa shape index (κ2) is 4.80. The lowest BCUT2D eigenvalue weighted by Crippen LogP contribution is -1.92. The Labute approximate surface area is 106 Å². The molecule has 0 spiro atoms. The Morgan fingerprint density at radius 1 is 1.06 bits per heavy atom. The van der Waals surface area contributed by atoms with E-state index >= 15 is 0 Å². The van der Waals surface area contributed by atoms with Gasteiger partial charge in [0, 0.05) is 11.8 Å². The van der Waals surface area contributed by atoms with Crippen LogP contribution in [0, 0.1) is 25.2 Å². The van der Waals surface area contributed by atoms with Crippen molar-refractivity contribution in [2.24, 2.45) is 0 Å². The van der Waals surface area contributed by atoms with Crippen molar-refractivity contribution >= 4 is 5.69 Å². The van der Waals surface area contributed by atoms with Gasteiger partial charge in [-0.05, 0) is 49.2 Å². The molecular formula is C15H14N2O. The van der Waals surface area contributed by atoms with Crippen molar-refractivity contribution in [1.82, 2.24) is 0 Å². The fourth-order valence-corrected chi connectivity index (χ4v) is 1.68. The molecule has 0 amide bonds. The van der Waals surface area contributed by atoms with Crippen molar-refractivity contribution in [1.29, 1.82) is 5.26 Å². The predicted octanol–water partition coefficient (Wildman–Crippen LogP) is 3.55. The number of nitrogens with zero attached hydrogens (tertiary/aromatic N) is 1. The van der Waals surface area contributed by atoms with Crippen LogP contribution in [0.5, 0.6) is 11.5 Å². The van der Waals surface area contributed by atoms with E-state index in [1.807, 2.05) is 32.0 Å². The van der Waals surface area contributed by atoms with Gasteiger partial charge in [0.05, 0.1) is 11.6 Å². The number of aryl methyl sites for hydroxylation is 2. The first-order chi connectivity index (χ1) is 8.60. The summed E-state index contributed by atoms with van der Waals surface area (Å²) in [6.07, 6.45) is 0. The molecule has 0 atom stereocenters. The normalized spacial score (nSPS) is 9.83. The van der Waals surface area contributed by atoms with Crippen molar-refractivity contribution in [2.75, 3.05) is 5.73 Å². The number of rotatable bonds is 2. The summed E-state index contributed by atoms with van der Waals surface area (Å²) in [4.78, 5) is 0. The van der Waals surface area contributed by atoms with E-state index in [9.17, 15) is 0 Å². The van der Waals surface area contributed by atoms with Crippen LogP contribution >= 0.6 is 0 Å². The highest BCUT2D eigenvalue weighted by Gasteiger charge is 2.04. The third kappa shape index (κ3) is 2.44. The number of hydrogen-bond donors (Lipinski definition) is 1. The number of nitriles is 1. The van der Waals surface area contributed by atoms with Crippen molar-refractivity contribution in [3.8, 4) is 17.6 Å².